The molecule has 8 heteroatoms. The van der Waals surface area contributed by atoms with Crippen molar-refractivity contribution in [3.63, 3.8) is 0 Å². The van der Waals surface area contributed by atoms with E-state index in [2.05, 4.69) is 4.74 Å². The minimum atomic E-state index is -0.658. The van der Waals surface area contributed by atoms with Crippen LogP contribution in [0.15, 0.2) is 35.9 Å². The Kier molecular flexibility index (Phi) is 6.92. The van der Waals surface area contributed by atoms with E-state index in [9.17, 15) is 24.9 Å². The quantitative estimate of drug-likeness (QED) is 0.435. The van der Waals surface area contributed by atoms with Gasteiger partial charge in [-0.15, -0.1) is 0 Å². The van der Waals surface area contributed by atoms with Crippen LogP contribution in [-0.2, 0) is 16.0 Å². The summed E-state index contributed by atoms with van der Waals surface area (Å²) in [4.78, 5) is 24.1. The van der Waals surface area contributed by atoms with E-state index < -0.39 is 6.10 Å². The van der Waals surface area contributed by atoms with Gasteiger partial charge >= 0.3 is 5.97 Å². The number of carbonyl (C=O) groups excluding carboxylic acids is 2. The summed E-state index contributed by atoms with van der Waals surface area (Å²) >= 11 is 0. The third-order valence-corrected chi connectivity index (χ3v) is 5.45. The minimum Gasteiger partial charge on any atom is -0.507 e. The van der Waals surface area contributed by atoms with E-state index in [0.717, 1.165) is 5.57 Å². The first-order valence-electron chi connectivity index (χ1n) is 10.1. The zero-order valence-corrected chi connectivity index (χ0v) is 18.2. The van der Waals surface area contributed by atoms with E-state index >= 15 is 0 Å². The summed E-state index contributed by atoms with van der Waals surface area (Å²) in [5.41, 5.74) is 1.74. The van der Waals surface area contributed by atoms with Gasteiger partial charge < -0.3 is 29.5 Å². The summed E-state index contributed by atoms with van der Waals surface area (Å²) in [5.74, 6) is -0.857. The number of ether oxygens (including phenoxy) is 3. The summed E-state index contributed by atoms with van der Waals surface area (Å²) in [6, 6.07) is 5.97. The minimum absolute atomic E-state index is 0.0211. The van der Waals surface area contributed by atoms with E-state index in [-0.39, 0.29) is 70.9 Å². The van der Waals surface area contributed by atoms with Crippen LogP contribution in [0.25, 0.3) is 0 Å². The van der Waals surface area contributed by atoms with E-state index in [0.29, 0.717) is 12.0 Å². The van der Waals surface area contributed by atoms with Crippen molar-refractivity contribution in [1.82, 2.24) is 0 Å². The molecule has 3 N–H and O–H groups in total. The van der Waals surface area contributed by atoms with Gasteiger partial charge in [-0.2, -0.15) is 0 Å². The lowest BCUT2D eigenvalue weighted by Gasteiger charge is -2.27. The number of Topliss-reactive ketones (excluding diaryl/α,β-unsaturated/α-hetero) is 1. The van der Waals surface area contributed by atoms with Gasteiger partial charge in [0, 0.05) is 18.1 Å². The zero-order chi connectivity index (χ0) is 23.4. The number of carbonyl (C=O) groups is 2. The molecule has 1 aliphatic rings. The molecule has 0 amide bonds. The maximum atomic E-state index is 12.9. The fourth-order valence-electron chi connectivity index (χ4n) is 3.56. The number of aromatic hydroxyl groups is 3. The second-order valence-corrected chi connectivity index (χ2v) is 7.59. The Morgan fingerprint density at radius 3 is 2.59 bits per heavy atom. The smallest absolute Gasteiger partial charge is 0.305 e. The molecule has 0 aliphatic carbocycles. The van der Waals surface area contributed by atoms with Crippen molar-refractivity contribution in [2.24, 2.45) is 0 Å². The fraction of sp³-hybridized carbons (Fsp3) is 0.333. The van der Waals surface area contributed by atoms with Crippen LogP contribution in [0.5, 0.6) is 28.7 Å². The molecular weight excluding hydrogens is 416 g/mol. The van der Waals surface area contributed by atoms with E-state index in [1.807, 2.05) is 6.92 Å². The van der Waals surface area contributed by atoms with Crippen molar-refractivity contribution in [2.75, 3.05) is 14.2 Å². The highest BCUT2D eigenvalue weighted by Gasteiger charge is 2.33. The molecule has 0 saturated heterocycles. The number of methoxy groups -OCH3 is 2. The lowest BCUT2D eigenvalue weighted by Crippen LogP contribution is -2.21. The predicted molar refractivity (Wildman–Crippen MR) is 115 cm³/mol. The number of phenolic OH excluding ortho intramolecular Hbond substituents is 3. The largest absolute Gasteiger partial charge is 0.507 e. The molecule has 1 heterocycles. The molecule has 0 saturated carbocycles. The summed E-state index contributed by atoms with van der Waals surface area (Å²) < 4.78 is 15.6. The number of allylic oxidation sites excluding steroid dienone is 2. The van der Waals surface area contributed by atoms with Crippen molar-refractivity contribution < 1.29 is 39.1 Å². The number of benzene rings is 2. The average molecular weight is 442 g/mol. The van der Waals surface area contributed by atoms with Gasteiger partial charge in [0.2, 0.25) is 0 Å². The Bertz CT molecular complexity index is 1070. The van der Waals surface area contributed by atoms with Crippen molar-refractivity contribution in [2.45, 2.75) is 38.7 Å². The molecule has 1 unspecified atom stereocenters. The molecule has 0 fully saturated rings. The van der Waals surface area contributed by atoms with E-state index in [4.69, 9.17) is 9.47 Å². The molecule has 2 aromatic rings. The van der Waals surface area contributed by atoms with Gasteiger partial charge in [-0.05, 0) is 37.5 Å². The van der Waals surface area contributed by atoms with Gasteiger partial charge in [0.1, 0.15) is 28.9 Å². The van der Waals surface area contributed by atoms with Gasteiger partial charge in [-0.25, -0.2) is 0 Å². The topological polar surface area (TPSA) is 123 Å². The first-order chi connectivity index (χ1) is 15.2. The van der Waals surface area contributed by atoms with Crippen LogP contribution >= 0.6 is 0 Å². The average Bonchev–Trinajstić information content (AvgIpc) is 2.76. The zero-order valence-electron chi connectivity index (χ0n) is 18.2. The lowest BCUT2D eigenvalue weighted by atomic mass is 9.92. The third kappa shape index (κ3) is 4.80. The maximum Gasteiger partial charge on any atom is 0.305 e. The Balaban J connectivity index is 1.84. The predicted octanol–water partition coefficient (Wildman–Crippen LogP) is 3.96. The molecule has 0 aromatic heterocycles. The standard InChI is InChI=1S/C24H26O8/c1-13(5-9-22(28)31-3)4-7-15-17(26)11-21-23(24(15)29)18(27)12-19(32-21)14-6-8-16(25)20(10-14)30-2/h4,6,8,10-11,19,25-26,29H,5,7,9,12H2,1-3H3. The maximum absolute atomic E-state index is 12.9. The summed E-state index contributed by atoms with van der Waals surface area (Å²) in [6.07, 6.45) is 2.00. The van der Waals surface area contributed by atoms with E-state index in [1.165, 1.54) is 26.4 Å². The summed E-state index contributed by atoms with van der Waals surface area (Å²) in [5, 5.41) is 31.0. The monoisotopic (exact) mass is 442 g/mol. The number of rotatable bonds is 7. The van der Waals surface area contributed by atoms with Crippen LogP contribution in [0.4, 0.5) is 0 Å². The van der Waals surface area contributed by atoms with Crippen LogP contribution in [0.1, 0.15) is 53.8 Å². The third-order valence-electron chi connectivity index (χ3n) is 5.45. The van der Waals surface area contributed by atoms with Crippen LogP contribution in [0.2, 0.25) is 0 Å². The van der Waals surface area contributed by atoms with Gasteiger partial charge in [0.05, 0.1) is 20.6 Å². The van der Waals surface area contributed by atoms with Crippen molar-refractivity contribution in [3.8, 4) is 28.7 Å². The Hall–Kier alpha value is -3.68. The second-order valence-electron chi connectivity index (χ2n) is 7.59. The van der Waals surface area contributed by atoms with Gasteiger partial charge in [-0.1, -0.05) is 17.7 Å². The lowest BCUT2D eigenvalue weighted by molar-refractivity contribution is -0.140. The van der Waals surface area contributed by atoms with Crippen molar-refractivity contribution in [1.29, 1.82) is 0 Å². The summed E-state index contributed by atoms with van der Waals surface area (Å²) in [6.45, 7) is 1.83. The fourth-order valence-corrected chi connectivity index (χ4v) is 3.56. The number of ketones is 1. The van der Waals surface area contributed by atoms with Crippen LogP contribution < -0.4 is 9.47 Å². The highest BCUT2D eigenvalue weighted by Crippen LogP contribution is 2.45. The molecule has 0 spiro atoms. The molecular formula is C24H26O8. The number of fused-ring (bicyclic) bond motifs is 1. The molecule has 3 rings (SSSR count). The first kappa shape index (κ1) is 23.0. The molecule has 1 atom stereocenters. The molecule has 0 radical (unpaired) electrons. The normalized spacial score (nSPS) is 15.7. The van der Waals surface area contributed by atoms with Crippen molar-refractivity contribution >= 4 is 11.8 Å². The van der Waals surface area contributed by atoms with E-state index in [1.54, 1.807) is 18.2 Å². The molecule has 8 nitrogen and oxygen atoms in total. The Morgan fingerprint density at radius 1 is 1.16 bits per heavy atom. The highest BCUT2D eigenvalue weighted by atomic mass is 16.5. The Labute approximate surface area is 185 Å². The first-order valence-corrected chi connectivity index (χ1v) is 10.1. The van der Waals surface area contributed by atoms with Crippen LogP contribution in [0.3, 0.4) is 0 Å². The molecule has 2 aromatic carbocycles. The molecule has 170 valence electrons. The number of hydrogen-bond donors (Lipinski definition) is 3. The summed E-state index contributed by atoms with van der Waals surface area (Å²) in [7, 11) is 2.75. The van der Waals surface area contributed by atoms with Gasteiger partial charge in [0.25, 0.3) is 0 Å². The molecule has 32 heavy (non-hydrogen) atoms. The van der Waals surface area contributed by atoms with Crippen LogP contribution in [-0.4, -0.2) is 41.3 Å². The number of hydrogen-bond acceptors (Lipinski definition) is 8. The van der Waals surface area contributed by atoms with Crippen LogP contribution in [0, 0.1) is 0 Å². The number of esters is 1. The molecule has 0 bridgehead atoms. The van der Waals surface area contributed by atoms with Crippen molar-refractivity contribution in [3.05, 3.63) is 52.6 Å². The molecule has 1 aliphatic heterocycles. The highest BCUT2D eigenvalue weighted by molar-refractivity contribution is 6.03. The van der Waals surface area contributed by atoms with Gasteiger partial charge in [-0.3, -0.25) is 9.59 Å². The second kappa shape index (κ2) is 9.64. The number of phenols is 3. The Morgan fingerprint density at radius 2 is 1.91 bits per heavy atom. The van der Waals surface area contributed by atoms with Gasteiger partial charge in [0.15, 0.2) is 17.3 Å². The SMILES string of the molecule is COC(=O)CCC(C)=CCc1c(O)cc2c(c1O)C(=O)CC(c1ccc(O)c(OC)c1)O2.